The lowest BCUT2D eigenvalue weighted by atomic mass is 10.3. The second-order valence-electron chi connectivity index (χ2n) is 2.64. The van der Waals surface area contributed by atoms with E-state index in [1.807, 2.05) is 0 Å². The lowest BCUT2D eigenvalue weighted by Gasteiger charge is -1.94. The van der Waals surface area contributed by atoms with E-state index >= 15 is 0 Å². The van der Waals surface area contributed by atoms with Gasteiger partial charge in [0.05, 0.1) is 11.0 Å². The average molecular weight is 213 g/mol. The van der Waals surface area contributed by atoms with Crippen molar-refractivity contribution in [3.63, 3.8) is 0 Å². The fraction of sp³-hybridized carbons (Fsp3) is 0. The van der Waals surface area contributed by atoms with Gasteiger partial charge < -0.3 is 9.17 Å². The molecular formula is C7H7N3O3S. The molecule has 0 aliphatic carbocycles. The molecule has 0 saturated heterocycles. The molecule has 2 rings (SSSR count). The van der Waals surface area contributed by atoms with E-state index in [2.05, 4.69) is 19.3 Å². The minimum Gasteiger partial charge on any atom is -0.334 e. The number of nitrogens with one attached hydrogen (secondary N) is 1. The van der Waals surface area contributed by atoms with Crippen molar-refractivity contribution in [1.29, 1.82) is 0 Å². The molecular weight excluding hydrogens is 206 g/mol. The van der Waals surface area contributed by atoms with Crippen LogP contribution in [-0.2, 0) is 10.3 Å². The Morgan fingerprint density at radius 2 is 2.07 bits per heavy atom. The zero-order valence-corrected chi connectivity index (χ0v) is 7.78. The van der Waals surface area contributed by atoms with Crippen LogP contribution in [0.25, 0.3) is 11.0 Å². The van der Waals surface area contributed by atoms with Crippen LogP contribution in [0, 0.1) is 0 Å². The Bertz CT molecular complexity index is 527. The molecule has 0 atom stereocenters. The van der Waals surface area contributed by atoms with E-state index in [1.54, 1.807) is 24.3 Å². The van der Waals surface area contributed by atoms with E-state index in [4.69, 9.17) is 0 Å². The summed E-state index contributed by atoms with van der Waals surface area (Å²) in [6.07, 6.45) is 0. The van der Waals surface area contributed by atoms with Crippen LogP contribution in [0.1, 0.15) is 0 Å². The second-order valence-corrected chi connectivity index (χ2v) is 3.79. The van der Waals surface area contributed by atoms with E-state index in [-0.39, 0.29) is 6.01 Å². The summed E-state index contributed by atoms with van der Waals surface area (Å²) in [7, 11) is -4.02. The number of nitrogens with zero attached hydrogens (tertiary/aromatic N) is 1. The highest BCUT2D eigenvalue weighted by Crippen LogP contribution is 2.15. The normalized spacial score (nSPS) is 11.8. The van der Waals surface area contributed by atoms with Crippen LogP contribution in [0.4, 0.5) is 0 Å². The number of H-pyrrole nitrogens is 1. The molecule has 0 saturated carbocycles. The van der Waals surface area contributed by atoms with Crippen molar-refractivity contribution in [3.8, 4) is 6.01 Å². The fourth-order valence-electron chi connectivity index (χ4n) is 1.08. The Morgan fingerprint density at radius 1 is 1.36 bits per heavy atom. The van der Waals surface area contributed by atoms with Crippen molar-refractivity contribution in [2.24, 2.45) is 5.14 Å². The fourth-order valence-corrected chi connectivity index (χ4v) is 1.38. The van der Waals surface area contributed by atoms with Gasteiger partial charge in [-0.05, 0) is 12.1 Å². The van der Waals surface area contributed by atoms with E-state index in [0.717, 1.165) is 0 Å². The lowest BCUT2D eigenvalue weighted by Crippen LogP contribution is -2.19. The molecule has 0 unspecified atom stereocenters. The lowest BCUT2D eigenvalue weighted by molar-refractivity contribution is 0.470. The largest absolute Gasteiger partial charge is 0.382 e. The first kappa shape index (κ1) is 8.97. The van der Waals surface area contributed by atoms with Crippen LogP contribution in [0.5, 0.6) is 6.01 Å². The van der Waals surface area contributed by atoms with E-state index in [9.17, 15) is 8.42 Å². The van der Waals surface area contributed by atoms with Crippen LogP contribution in [0.2, 0.25) is 0 Å². The third-order valence-corrected chi connectivity index (χ3v) is 1.95. The smallest absolute Gasteiger partial charge is 0.334 e. The Labute approximate surface area is 80.0 Å². The minimum atomic E-state index is -4.02. The van der Waals surface area contributed by atoms with Crippen molar-refractivity contribution in [2.45, 2.75) is 0 Å². The Balaban J connectivity index is 2.46. The predicted octanol–water partition coefficient (Wildman–Crippen LogP) is 0.145. The van der Waals surface area contributed by atoms with E-state index < -0.39 is 10.3 Å². The minimum absolute atomic E-state index is 0.131. The van der Waals surface area contributed by atoms with Crippen molar-refractivity contribution in [2.75, 3.05) is 0 Å². The number of aromatic nitrogens is 2. The molecule has 0 amide bonds. The number of nitrogens with two attached hydrogens (primary N) is 1. The Morgan fingerprint density at radius 3 is 2.71 bits per heavy atom. The van der Waals surface area contributed by atoms with Crippen LogP contribution in [-0.4, -0.2) is 18.4 Å². The van der Waals surface area contributed by atoms with Gasteiger partial charge in [0.15, 0.2) is 0 Å². The van der Waals surface area contributed by atoms with Gasteiger partial charge in [0.2, 0.25) is 0 Å². The quantitative estimate of drug-likeness (QED) is 0.741. The van der Waals surface area contributed by atoms with Gasteiger partial charge in [-0.3, -0.25) is 0 Å². The summed E-state index contributed by atoms with van der Waals surface area (Å²) in [4.78, 5) is 6.52. The van der Waals surface area contributed by atoms with Crippen LogP contribution in [0.3, 0.4) is 0 Å². The Kier molecular flexibility index (Phi) is 1.90. The molecule has 0 aliphatic heterocycles. The van der Waals surface area contributed by atoms with Crippen LogP contribution < -0.4 is 9.32 Å². The van der Waals surface area contributed by atoms with Gasteiger partial charge in [-0.1, -0.05) is 12.1 Å². The van der Waals surface area contributed by atoms with Gasteiger partial charge in [0.1, 0.15) is 0 Å². The standard InChI is InChI=1S/C7H7N3O3S/c8-14(11,12)13-7-9-5-3-1-2-4-6(5)10-7/h1-4H,(H,9,10)(H2,8,11,12). The number of imidazole rings is 1. The summed E-state index contributed by atoms with van der Waals surface area (Å²) in [5.74, 6) is 0. The van der Waals surface area contributed by atoms with Crippen LogP contribution >= 0.6 is 0 Å². The highest BCUT2D eigenvalue weighted by atomic mass is 32.2. The third kappa shape index (κ3) is 1.83. The first-order valence-electron chi connectivity index (χ1n) is 3.71. The summed E-state index contributed by atoms with van der Waals surface area (Å²) in [6, 6.07) is 6.92. The van der Waals surface area contributed by atoms with Crippen molar-refractivity contribution < 1.29 is 12.6 Å². The SMILES string of the molecule is NS(=O)(=O)Oc1nc2ccccc2[nH]1. The van der Waals surface area contributed by atoms with E-state index in [1.165, 1.54) is 0 Å². The molecule has 0 bridgehead atoms. The number of fused-ring (bicyclic) bond motifs is 1. The number of para-hydroxylation sites is 2. The summed E-state index contributed by atoms with van der Waals surface area (Å²) >= 11 is 0. The maximum Gasteiger partial charge on any atom is 0.382 e. The maximum atomic E-state index is 10.6. The Hall–Kier alpha value is -1.60. The van der Waals surface area contributed by atoms with Gasteiger partial charge >= 0.3 is 16.3 Å². The summed E-state index contributed by atoms with van der Waals surface area (Å²) in [6.45, 7) is 0. The van der Waals surface area contributed by atoms with Gasteiger partial charge in [-0.25, -0.2) is 0 Å². The molecule has 74 valence electrons. The molecule has 7 heteroatoms. The number of aromatic amines is 1. The van der Waals surface area contributed by atoms with Gasteiger partial charge in [0.25, 0.3) is 0 Å². The summed E-state index contributed by atoms with van der Waals surface area (Å²) in [5.41, 5.74) is 1.30. The number of benzene rings is 1. The first-order chi connectivity index (χ1) is 6.54. The molecule has 0 spiro atoms. The zero-order valence-electron chi connectivity index (χ0n) is 6.97. The van der Waals surface area contributed by atoms with Gasteiger partial charge in [0, 0.05) is 0 Å². The molecule has 3 N–H and O–H groups in total. The predicted molar refractivity (Wildman–Crippen MR) is 49.8 cm³/mol. The molecule has 1 aromatic heterocycles. The summed E-state index contributed by atoms with van der Waals surface area (Å²) in [5, 5.41) is 4.68. The third-order valence-electron chi connectivity index (χ3n) is 1.56. The number of hydrogen-bond donors (Lipinski definition) is 2. The molecule has 2 aromatic rings. The van der Waals surface area contributed by atoms with E-state index in [0.29, 0.717) is 11.0 Å². The molecule has 14 heavy (non-hydrogen) atoms. The second kappa shape index (κ2) is 2.96. The number of rotatable bonds is 2. The maximum absolute atomic E-state index is 10.6. The highest BCUT2D eigenvalue weighted by molar-refractivity contribution is 7.84. The molecule has 0 fully saturated rings. The average Bonchev–Trinajstić information content (AvgIpc) is 2.42. The monoisotopic (exact) mass is 213 g/mol. The molecule has 1 heterocycles. The molecule has 1 aromatic carbocycles. The number of hydrogen-bond acceptors (Lipinski definition) is 4. The van der Waals surface area contributed by atoms with Crippen LogP contribution in [0.15, 0.2) is 24.3 Å². The molecule has 6 nitrogen and oxygen atoms in total. The highest BCUT2D eigenvalue weighted by Gasteiger charge is 2.09. The van der Waals surface area contributed by atoms with Gasteiger partial charge in [-0.2, -0.15) is 18.5 Å². The molecule has 0 radical (unpaired) electrons. The zero-order chi connectivity index (χ0) is 10.2. The molecule has 0 aliphatic rings. The van der Waals surface area contributed by atoms with Gasteiger partial charge in [-0.15, -0.1) is 0 Å². The van der Waals surface area contributed by atoms with Crippen molar-refractivity contribution >= 4 is 21.3 Å². The topological polar surface area (TPSA) is 98.1 Å². The first-order valence-corrected chi connectivity index (χ1v) is 5.19. The van der Waals surface area contributed by atoms with Crippen molar-refractivity contribution in [3.05, 3.63) is 24.3 Å². The summed E-state index contributed by atoms with van der Waals surface area (Å²) < 4.78 is 25.5. The van der Waals surface area contributed by atoms with Crippen molar-refractivity contribution in [1.82, 2.24) is 9.97 Å².